The van der Waals surface area contributed by atoms with Gasteiger partial charge in [0.05, 0.1) is 7.11 Å². The molecule has 23 heavy (non-hydrogen) atoms. The maximum atomic E-state index is 11.8. The van der Waals surface area contributed by atoms with Gasteiger partial charge in [-0.15, -0.1) is 0 Å². The summed E-state index contributed by atoms with van der Waals surface area (Å²) in [6.45, 7) is 2.17. The van der Waals surface area contributed by atoms with Crippen LogP contribution in [0.25, 0.3) is 0 Å². The summed E-state index contributed by atoms with van der Waals surface area (Å²) in [5.74, 6) is 1.42. The zero-order valence-corrected chi connectivity index (χ0v) is 13.8. The fraction of sp³-hybridized carbons (Fsp3) is 0.235. The van der Waals surface area contributed by atoms with Gasteiger partial charge in [0, 0.05) is 11.6 Å². The highest BCUT2D eigenvalue weighted by atomic mass is 35.5. The lowest BCUT2D eigenvalue weighted by atomic mass is 10.2. The van der Waals surface area contributed by atoms with Gasteiger partial charge in [-0.25, -0.2) is 4.79 Å². The molecule has 0 saturated heterocycles. The molecule has 122 valence electrons. The van der Waals surface area contributed by atoms with Crippen LogP contribution in [-0.2, 0) is 6.54 Å². The Morgan fingerprint density at radius 1 is 1.09 bits per heavy atom. The van der Waals surface area contributed by atoms with Gasteiger partial charge >= 0.3 is 6.03 Å². The molecule has 0 fully saturated rings. The van der Waals surface area contributed by atoms with E-state index in [1.807, 2.05) is 24.3 Å². The van der Waals surface area contributed by atoms with Crippen molar-refractivity contribution in [1.82, 2.24) is 10.6 Å². The quantitative estimate of drug-likeness (QED) is 0.794. The summed E-state index contributed by atoms with van der Waals surface area (Å²) >= 11 is 5.81. The number of amides is 2. The fourth-order valence-electron chi connectivity index (χ4n) is 1.91. The van der Waals surface area contributed by atoms with Crippen LogP contribution in [0.2, 0.25) is 5.02 Å². The number of hydrogen-bond donors (Lipinski definition) is 2. The molecule has 0 radical (unpaired) electrons. The number of benzene rings is 2. The van der Waals surface area contributed by atoms with Gasteiger partial charge in [0.1, 0.15) is 11.5 Å². The summed E-state index contributed by atoms with van der Waals surface area (Å²) in [6.07, 6.45) is -0.466. The van der Waals surface area contributed by atoms with Crippen molar-refractivity contribution >= 4 is 17.6 Å². The number of rotatable bonds is 6. The molecule has 2 aromatic carbocycles. The number of carbonyl (C=O) groups excluding carboxylic acids is 1. The van der Waals surface area contributed by atoms with Crippen molar-refractivity contribution in [3.05, 3.63) is 59.1 Å². The van der Waals surface area contributed by atoms with E-state index in [4.69, 9.17) is 21.1 Å². The number of methoxy groups -OCH3 is 1. The maximum absolute atomic E-state index is 11.8. The number of nitrogens with one attached hydrogen (secondary N) is 2. The van der Waals surface area contributed by atoms with Gasteiger partial charge in [-0.3, -0.25) is 0 Å². The Morgan fingerprint density at radius 3 is 2.30 bits per heavy atom. The Balaban J connectivity index is 1.75. The van der Waals surface area contributed by atoms with Crippen LogP contribution in [0.1, 0.15) is 12.5 Å². The third-order valence-electron chi connectivity index (χ3n) is 3.07. The van der Waals surface area contributed by atoms with E-state index in [2.05, 4.69) is 10.6 Å². The van der Waals surface area contributed by atoms with Gasteiger partial charge in [-0.1, -0.05) is 23.7 Å². The van der Waals surface area contributed by atoms with Crippen LogP contribution in [-0.4, -0.2) is 19.4 Å². The van der Waals surface area contributed by atoms with Crippen LogP contribution in [0.3, 0.4) is 0 Å². The van der Waals surface area contributed by atoms with Crippen LogP contribution in [0.4, 0.5) is 4.79 Å². The van der Waals surface area contributed by atoms with Crippen LogP contribution in [0.5, 0.6) is 11.5 Å². The number of urea groups is 1. The lowest BCUT2D eigenvalue weighted by molar-refractivity contribution is 0.177. The minimum Gasteiger partial charge on any atom is -0.497 e. The normalized spacial score (nSPS) is 11.4. The second kappa shape index (κ2) is 8.29. The van der Waals surface area contributed by atoms with E-state index in [1.165, 1.54) is 0 Å². The highest BCUT2D eigenvalue weighted by Gasteiger charge is 2.08. The Labute approximate surface area is 140 Å². The van der Waals surface area contributed by atoms with Crippen molar-refractivity contribution in [2.75, 3.05) is 7.11 Å². The lowest BCUT2D eigenvalue weighted by Gasteiger charge is -2.17. The Morgan fingerprint density at radius 2 is 1.70 bits per heavy atom. The molecule has 0 aliphatic carbocycles. The Kier molecular flexibility index (Phi) is 6.11. The SMILES string of the molecule is COc1ccc(CNC(=O)NC(C)Oc2ccc(Cl)cc2)cc1. The standard InChI is InChI=1S/C17H19ClN2O3/c1-12(23-16-9-5-14(18)6-10-16)20-17(21)19-11-13-3-7-15(22-2)8-4-13/h3-10,12H,11H2,1-2H3,(H2,19,20,21). The number of hydrogen-bond acceptors (Lipinski definition) is 3. The van der Waals surface area contributed by atoms with E-state index in [1.54, 1.807) is 38.3 Å². The van der Waals surface area contributed by atoms with Crippen molar-refractivity contribution in [2.24, 2.45) is 0 Å². The molecule has 0 aromatic heterocycles. The first-order valence-electron chi connectivity index (χ1n) is 7.16. The Hall–Kier alpha value is -2.40. The Bertz CT molecular complexity index is 629. The molecule has 0 spiro atoms. The molecule has 5 nitrogen and oxygen atoms in total. The van der Waals surface area contributed by atoms with Crippen molar-refractivity contribution < 1.29 is 14.3 Å². The average Bonchev–Trinajstić information content (AvgIpc) is 2.55. The van der Waals surface area contributed by atoms with Gasteiger partial charge in [0.15, 0.2) is 6.23 Å². The smallest absolute Gasteiger partial charge is 0.317 e. The minimum atomic E-state index is -0.466. The molecule has 6 heteroatoms. The summed E-state index contributed by atoms with van der Waals surface area (Å²) in [5.41, 5.74) is 0.979. The first-order chi connectivity index (χ1) is 11.1. The molecule has 2 N–H and O–H groups in total. The third-order valence-corrected chi connectivity index (χ3v) is 3.32. The highest BCUT2D eigenvalue weighted by molar-refractivity contribution is 6.30. The second-order valence-corrected chi connectivity index (χ2v) is 5.33. The largest absolute Gasteiger partial charge is 0.497 e. The maximum Gasteiger partial charge on any atom is 0.317 e. The third kappa shape index (κ3) is 5.71. The van der Waals surface area contributed by atoms with Crippen LogP contribution >= 0.6 is 11.6 Å². The monoisotopic (exact) mass is 334 g/mol. The first-order valence-corrected chi connectivity index (χ1v) is 7.54. The van der Waals surface area contributed by atoms with E-state index in [0.29, 0.717) is 17.3 Å². The minimum absolute atomic E-state index is 0.303. The van der Waals surface area contributed by atoms with Gasteiger partial charge in [0.25, 0.3) is 0 Å². The molecule has 0 bridgehead atoms. The van der Waals surface area contributed by atoms with E-state index in [-0.39, 0.29) is 6.03 Å². The highest BCUT2D eigenvalue weighted by Crippen LogP contribution is 2.16. The topological polar surface area (TPSA) is 59.6 Å². The predicted octanol–water partition coefficient (Wildman–Crippen LogP) is 3.57. The molecule has 0 aliphatic rings. The van der Waals surface area contributed by atoms with Crippen molar-refractivity contribution in [3.63, 3.8) is 0 Å². The van der Waals surface area contributed by atoms with Crippen LogP contribution in [0, 0.1) is 0 Å². The van der Waals surface area contributed by atoms with E-state index in [0.717, 1.165) is 11.3 Å². The van der Waals surface area contributed by atoms with Crippen LogP contribution in [0.15, 0.2) is 48.5 Å². The van der Waals surface area contributed by atoms with Crippen molar-refractivity contribution in [2.45, 2.75) is 19.7 Å². The molecule has 0 saturated carbocycles. The van der Waals surface area contributed by atoms with E-state index >= 15 is 0 Å². The predicted molar refractivity (Wildman–Crippen MR) is 89.9 cm³/mol. The molecule has 2 aromatic rings. The van der Waals surface area contributed by atoms with E-state index < -0.39 is 6.23 Å². The van der Waals surface area contributed by atoms with Crippen molar-refractivity contribution in [1.29, 1.82) is 0 Å². The van der Waals surface area contributed by atoms with E-state index in [9.17, 15) is 4.79 Å². The first kappa shape index (κ1) is 17.0. The van der Waals surface area contributed by atoms with Crippen molar-refractivity contribution in [3.8, 4) is 11.5 Å². The van der Waals surface area contributed by atoms with Gasteiger partial charge in [-0.05, 0) is 48.9 Å². The average molecular weight is 335 g/mol. The van der Waals surface area contributed by atoms with Gasteiger partial charge in [-0.2, -0.15) is 0 Å². The molecule has 0 aliphatic heterocycles. The summed E-state index contributed by atoms with van der Waals surface area (Å²) in [7, 11) is 1.61. The molecule has 2 rings (SSSR count). The second-order valence-electron chi connectivity index (χ2n) is 4.89. The lowest BCUT2D eigenvalue weighted by Crippen LogP contribution is -2.43. The summed E-state index contributed by atoms with van der Waals surface area (Å²) in [5, 5.41) is 6.11. The molecule has 0 heterocycles. The summed E-state index contributed by atoms with van der Waals surface area (Å²) in [4.78, 5) is 11.8. The molecular weight excluding hydrogens is 316 g/mol. The number of carbonyl (C=O) groups is 1. The zero-order chi connectivity index (χ0) is 16.7. The zero-order valence-electron chi connectivity index (χ0n) is 13.0. The van der Waals surface area contributed by atoms with Crippen LogP contribution < -0.4 is 20.1 Å². The molecule has 1 atom stereocenters. The summed E-state index contributed by atoms with van der Waals surface area (Å²) < 4.78 is 10.7. The molecule has 1 unspecified atom stereocenters. The number of halogens is 1. The fourth-order valence-corrected chi connectivity index (χ4v) is 2.03. The number of ether oxygens (including phenoxy) is 2. The van der Waals surface area contributed by atoms with Gasteiger partial charge in [0.2, 0.25) is 0 Å². The molecule has 2 amide bonds. The molecular formula is C17H19ClN2O3. The van der Waals surface area contributed by atoms with Gasteiger partial charge < -0.3 is 20.1 Å². The summed E-state index contributed by atoms with van der Waals surface area (Å²) in [6, 6.07) is 14.1.